The SMILES string of the molecule is Cc1nn(C)c(C)c1CC(C)Nc1nc(CC(C)C)ns1. The molecule has 0 bridgehead atoms. The standard InChI is InChI=1S/C15H25N5S/c1-9(2)7-14-17-15(21-19-14)16-10(3)8-13-11(4)18-20(6)12(13)5/h9-10H,7-8H2,1-6H3,(H,16,17,19). The number of rotatable bonds is 6. The molecule has 0 amide bonds. The van der Waals surface area contributed by atoms with Gasteiger partial charge in [0, 0.05) is 36.7 Å². The smallest absolute Gasteiger partial charge is 0.202 e. The summed E-state index contributed by atoms with van der Waals surface area (Å²) in [5, 5.41) is 8.84. The number of hydrogen-bond donors (Lipinski definition) is 1. The van der Waals surface area contributed by atoms with Crippen LogP contribution in [0.2, 0.25) is 0 Å². The van der Waals surface area contributed by atoms with E-state index in [1.165, 1.54) is 22.8 Å². The normalized spacial score (nSPS) is 12.9. The van der Waals surface area contributed by atoms with Crippen LogP contribution in [0.5, 0.6) is 0 Å². The molecule has 2 aromatic heterocycles. The highest BCUT2D eigenvalue weighted by atomic mass is 32.1. The maximum atomic E-state index is 4.56. The van der Waals surface area contributed by atoms with Crippen LogP contribution in [0.1, 0.15) is 43.5 Å². The molecule has 116 valence electrons. The van der Waals surface area contributed by atoms with E-state index in [4.69, 9.17) is 0 Å². The Morgan fingerprint density at radius 3 is 2.48 bits per heavy atom. The van der Waals surface area contributed by atoms with Crippen LogP contribution >= 0.6 is 11.5 Å². The summed E-state index contributed by atoms with van der Waals surface area (Å²) in [6, 6.07) is 0.312. The van der Waals surface area contributed by atoms with Crippen molar-refractivity contribution in [3.8, 4) is 0 Å². The van der Waals surface area contributed by atoms with Crippen LogP contribution in [-0.4, -0.2) is 25.2 Å². The molecule has 0 fully saturated rings. The molecule has 21 heavy (non-hydrogen) atoms. The largest absolute Gasteiger partial charge is 0.357 e. The highest BCUT2D eigenvalue weighted by Crippen LogP contribution is 2.18. The lowest BCUT2D eigenvalue weighted by Crippen LogP contribution is -2.18. The van der Waals surface area contributed by atoms with Crippen molar-refractivity contribution in [2.45, 2.75) is 53.5 Å². The lowest BCUT2D eigenvalue weighted by molar-refractivity contribution is 0.627. The summed E-state index contributed by atoms with van der Waals surface area (Å²) in [4.78, 5) is 4.56. The van der Waals surface area contributed by atoms with E-state index in [1.54, 1.807) is 0 Å². The lowest BCUT2D eigenvalue weighted by Gasteiger charge is -2.12. The Labute approximate surface area is 131 Å². The van der Waals surface area contributed by atoms with Gasteiger partial charge in [0.2, 0.25) is 5.13 Å². The number of aryl methyl sites for hydroxylation is 2. The molecule has 5 nitrogen and oxygen atoms in total. The van der Waals surface area contributed by atoms with Gasteiger partial charge < -0.3 is 5.32 Å². The fourth-order valence-corrected chi connectivity index (χ4v) is 3.15. The van der Waals surface area contributed by atoms with Crippen molar-refractivity contribution >= 4 is 16.7 Å². The summed E-state index contributed by atoms with van der Waals surface area (Å²) in [7, 11) is 1.99. The van der Waals surface area contributed by atoms with Crippen LogP contribution in [0.25, 0.3) is 0 Å². The highest BCUT2D eigenvalue weighted by Gasteiger charge is 2.14. The van der Waals surface area contributed by atoms with Crippen LogP contribution in [0.3, 0.4) is 0 Å². The topological polar surface area (TPSA) is 55.6 Å². The van der Waals surface area contributed by atoms with Crippen molar-refractivity contribution in [1.29, 1.82) is 0 Å². The summed E-state index contributed by atoms with van der Waals surface area (Å²) in [5.41, 5.74) is 3.67. The summed E-state index contributed by atoms with van der Waals surface area (Å²) in [6.07, 6.45) is 1.89. The fourth-order valence-electron chi connectivity index (χ4n) is 2.44. The van der Waals surface area contributed by atoms with E-state index in [0.717, 1.165) is 29.5 Å². The molecule has 1 unspecified atom stereocenters. The van der Waals surface area contributed by atoms with Gasteiger partial charge in [-0.1, -0.05) is 13.8 Å². The molecule has 0 aliphatic carbocycles. The van der Waals surface area contributed by atoms with Crippen LogP contribution in [0, 0.1) is 19.8 Å². The molecular formula is C15H25N5S. The van der Waals surface area contributed by atoms with Crippen LogP contribution in [0.4, 0.5) is 5.13 Å². The van der Waals surface area contributed by atoms with Gasteiger partial charge in [0.05, 0.1) is 5.69 Å². The van der Waals surface area contributed by atoms with Crippen molar-refractivity contribution in [2.75, 3.05) is 5.32 Å². The first kappa shape index (κ1) is 15.9. The van der Waals surface area contributed by atoms with Gasteiger partial charge in [0.15, 0.2) is 0 Å². The van der Waals surface area contributed by atoms with Crippen LogP contribution < -0.4 is 5.32 Å². The molecule has 2 aromatic rings. The molecule has 2 rings (SSSR count). The summed E-state index contributed by atoms with van der Waals surface area (Å²) < 4.78 is 6.35. The maximum Gasteiger partial charge on any atom is 0.202 e. The van der Waals surface area contributed by atoms with Crippen molar-refractivity contribution < 1.29 is 0 Å². The van der Waals surface area contributed by atoms with Gasteiger partial charge in [-0.3, -0.25) is 4.68 Å². The van der Waals surface area contributed by atoms with Gasteiger partial charge >= 0.3 is 0 Å². The Balaban J connectivity index is 1.98. The third-order valence-electron chi connectivity index (χ3n) is 3.60. The first-order valence-corrected chi connectivity index (χ1v) is 8.22. The molecule has 1 N–H and O–H groups in total. The number of anilines is 1. The Hall–Kier alpha value is -1.43. The van der Waals surface area contributed by atoms with Crippen LogP contribution in [0.15, 0.2) is 0 Å². The third kappa shape index (κ3) is 4.03. The predicted octanol–water partition coefficient (Wildman–Crippen LogP) is 3.13. The highest BCUT2D eigenvalue weighted by molar-refractivity contribution is 7.09. The Morgan fingerprint density at radius 2 is 1.90 bits per heavy atom. The second-order valence-corrected chi connectivity index (χ2v) is 6.89. The second-order valence-electron chi connectivity index (χ2n) is 6.14. The van der Waals surface area contributed by atoms with E-state index in [9.17, 15) is 0 Å². The van der Waals surface area contributed by atoms with Gasteiger partial charge in [-0.05, 0) is 38.7 Å². The average Bonchev–Trinajstić information content (AvgIpc) is 2.89. The molecule has 0 saturated carbocycles. The van der Waals surface area contributed by atoms with Crippen LogP contribution in [-0.2, 0) is 19.9 Å². The molecule has 0 radical (unpaired) electrons. The van der Waals surface area contributed by atoms with Gasteiger partial charge in [0.25, 0.3) is 0 Å². The number of hydrogen-bond acceptors (Lipinski definition) is 5. The van der Waals surface area contributed by atoms with E-state index in [1.807, 2.05) is 11.7 Å². The molecule has 0 aromatic carbocycles. The maximum absolute atomic E-state index is 4.56. The Kier molecular flexibility index (Phi) is 4.98. The molecular weight excluding hydrogens is 282 g/mol. The fraction of sp³-hybridized carbons (Fsp3) is 0.667. The van der Waals surface area contributed by atoms with Gasteiger partial charge in [-0.2, -0.15) is 9.47 Å². The number of nitrogens with one attached hydrogen (secondary N) is 1. The van der Waals surface area contributed by atoms with E-state index >= 15 is 0 Å². The van der Waals surface area contributed by atoms with E-state index in [-0.39, 0.29) is 0 Å². The first-order valence-electron chi connectivity index (χ1n) is 7.45. The molecule has 2 heterocycles. The number of aromatic nitrogens is 4. The minimum atomic E-state index is 0.312. The minimum absolute atomic E-state index is 0.312. The zero-order valence-corrected chi connectivity index (χ0v) is 14.6. The monoisotopic (exact) mass is 307 g/mol. The minimum Gasteiger partial charge on any atom is -0.357 e. The quantitative estimate of drug-likeness (QED) is 0.891. The third-order valence-corrected chi connectivity index (χ3v) is 4.28. The van der Waals surface area contributed by atoms with Gasteiger partial charge in [0.1, 0.15) is 5.82 Å². The second kappa shape index (κ2) is 6.56. The van der Waals surface area contributed by atoms with Crippen molar-refractivity contribution in [1.82, 2.24) is 19.1 Å². The van der Waals surface area contributed by atoms with E-state index in [2.05, 4.69) is 54.4 Å². The summed E-state index contributed by atoms with van der Waals surface area (Å²) in [5.74, 6) is 1.53. The van der Waals surface area contributed by atoms with Gasteiger partial charge in [-0.25, -0.2) is 4.98 Å². The Bertz CT molecular complexity index is 599. The average molecular weight is 307 g/mol. The van der Waals surface area contributed by atoms with E-state index < -0.39 is 0 Å². The zero-order chi connectivity index (χ0) is 15.6. The van der Waals surface area contributed by atoms with Crippen molar-refractivity contribution in [3.05, 3.63) is 22.8 Å². The summed E-state index contributed by atoms with van der Waals surface area (Å²) >= 11 is 1.45. The van der Waals surface area contributed by atoms with E-state index in [0.29, 0.717) is 12.0 Å². The van der Waals surface area contributed by atoms with Crippen molar-refractivity contribution in [3.63, 3.8) is 0 Å². The summed E-state index contributed by atoms with van der Waals surface area (Å²) in [6.45, 7) is 10.7. The lowest BCUT2D eigenvalue weighted by atomic mass is 10.1. The molecule has 0 aliphatic rings. The predicted molar refractivity (Wildman–Crippen MR) is 87.9 cm³/mol. The Morgan fingerprint density at radius 1 is 1.19 bits per heavy atom. The zero-order valence-electron chi connectivity index (χ0n) is 13.8. The van der Waals surface area contributed by atoms with Crippen molar-refractivity contribution in [2.24, 2.45) is 13.0 Å². The molecule has 0 saturated heterocycles. The van der Waals surface area contributed by atoms with Gasteiger partial charge in [-0.15, -0.1) is 0 Å². The molecule has 1 atom stereocenters. The first-order chi connectivity index (χ1) is 9.86. The number of nitrogens with zero attached hydrogens (tertiary/aromatic N) is 4. The molecule has 0 spiro atoms. The molecule has 0 aliphatic heterocycles. The molecule has 6 heteroatoms.